The Kier molecular flexibility index (Phi) is 7.60. The number of aryl methyl sites for hydroxylation is 1. The summed E-state index contributed by atoms with van der Waals surface area (Å²) < 4.78 is 5.25. The Hall–Kier alpha value is -2.62. The van der Waals surface area contributed by atoms with E-state index in [9.17, 15) is 9.59 Å². The molecular weight excluding hydrogens is 368 g/mol. The summed E-state index contributed by atoms with van der Waals surface area (Å²) in [6.45, 7) is 9.18. The molecule has 29 heavy (non-hydrogen) atoms. The molecular formula is C22H32N4O3. The Morgan fingerprint density at radius 2 is 2.03 bits per heavy atom. The summed E-state index contributed by atoms with van der Waals surface area (Å²) in [6, 6.07) is -0.418. The van der Waals surface area contributed by atoms with Gasteiger partial charge in [0, 0.05) is 12.6 Å². The van der Waals surface area contributed by atoms with E-state index in [2.05, 4.69) is 32.4 Å². The minimum atomic E-state index is -0.603. The second-order valence-corrected chi connectivity index (χ2v) is 8.50. The van der Waals surface area contributed by atoms with Crippen molar-refractivity contribution in [2.45, 2.75) is 90.3 Å². The molecule has 0 aromatic carbocycles. The molecule has 1 amide bonds. The number of alkyl carbamates (subject to hydrolysis) is 1. The third-order valence-corrected chi connectivity index (χ3v) is 4.65. The van der Waals surface area contributed by atoms with Gasteiger partial charge in [-0.05, 0) is 40.5 Å². The van der Waals surface area contributed by atoms with Crippen LogP contribution in [0.25, 0.3) is 0 Å². The van der Waals surface area contributed by atoms with Gasteiger partial charge in [0.05, 0.1) is 17.1 Å². The molecule has 1 aliphatic carbocycles. The predicted octanol–water partition coefficient (Wildman–Crippen LogP) is 3.62. The molecule has 0 radical (unpaired) electrons. The third kappa shape index (κ3) is 7.04. The van der Waals surface area contributed by atoms with Gasteiger partial charge in [-0.1, -0.05) is 38.0 Å². The molecule has 1 aromatic heterocycles. The average Bonchev–Trinajstić information content (AvgIpc) is 2.66. The summed E-state index contributed by atoms with van der Waals surface area (Å²) >= 11 is 0. The van der Waals surface area contributed by atoms with E-state index in [1.54, 1.807) is 13.1 Å². The average molecular weight is 401 g/mol. The van der Waals surface area contributed by atoms with Crippen LogP contribution >= 0.6 is 0 Å². The summed E-state index contributed by atoms with van der Waals surface area (Å²) in [5.74, 6) is 7.29. The zero-order valence-corrected chi connectivity index (χ0v) is 18.1. The first-order valence-electron chi connectivity index (χ1n) is 10.3. The highest BCUT2D eigenvalue weighted by atomic mass is 16.6. The molecule has 0 spiro atoms. The molecule has 7 nitrogen and oxygen atoms in total. The number of nitrogens with zero attached hydrogens (tertiary/aromatic N) is 2. The molecule has 1 aliphatic rings. The van der Waals surface area contributed by atoms with E-state index >= 15 is 0 Å². The van der Waals surface area contributed by atoms with E-state index in [-0.39, 0.29) is 0 Å². The van der Waals surface area contributed by atoms with Crippen molar-refractivity contribution in [3.8, 4) is 11.8 Å². The van der Waals surface area contributed by atoms with Gasteiger partial charge < -0.3 is 20.2 Å². The van der Waals surface area contributed by atoms with E-state index in [0.29, 0.717) is 23.6 Å². The molecule has 7 heteroatoms. The number of hydrogen-bond donors (Lipinski definition) is 2. The van der Waals surface area contributed by atoms with Crippen molar-refractivity contribution in [1.82, 2.24) is 15.3 Å². The van der Waals surface area contributed by atoms with Crippen LogP contribution in [0.1, 0.15) is 78.1 Å². The first-order valence-corrected chi connectivity index (χ1v) is 10.3. The van der Waals surface area contributed by atoms with Gasteiger partial charge in [-0.2, -0.15) is 0 Å². The van der Waals surface area contributed by atoms with Crippen LogP contribution in [0.4, 0.5) is 10.6 Å². The largest absolute Gasteiger partial charge is 0.444 e. The maximum atomic E-state index is 11.9. The first-order chi connectivity index (χ1) is 13.7. The predicted molar refractivity (Wildman–Crippen MR) is 113 cm³/mol. The molecule has 2 N–H and O–H groups in total. The minimum Gasteiger partial charge on any atom is -0.444 e. The highest BCUT2D eigenvalue weighted by Crippen LogP contribution is 2.30. The standard InChI is InChI=1S/C22H32N4O3/c1-6-18-23-14-17(11-10-16(2)24-20(28)29-21(3,4)5)19(25-18)26-22(15-27)12-8-7-9-13-22/h14-16H,6-9,12-13H2,1-5H3,(H,24,28)(H,23,25,26). The second kappa shape index (κ2) is 9.73. The van der Waals surface area contributed by atoms with E-state index in [4.69, 9.17) is 4.74 Å². The van der Waals surface area contributed by atoms with E-state index < -0.39 is 23.3 Å². The minimum absolute atomic E-state index is 0.418. The Labute approximate surface area is 173 Å². The molecule has 0 aliphatic heterocycles. The SMILES string of the molecule is CCc1ncc(C#CC(C)NC(=O)OC(C)(C)C)c(NC2(C=O)CCCCC2)n1. The van der Waals surface area contributed by atoms with Crippen molar-refractivity contribution in [2.75, 3.05) is 5.32 Å². The number of carbonyl (C=O) groups is 2. The number of nitrogens with one attached hydrogen (secondary N) is 2. The molecule has 1 atom stereocenters. The summed E-state index contributed by atoms with van der Waals surface area (Å²) in [5.41, 5.74) is -0.567. The molecule has 1 heterocycles. The van der Waals surface area contributed by atoms with Gasteiger partial charge in [0.1, 0.15) is 23.5 Å². The molecule has 2 rings (SSSR count). The van der Waals surface area contributed by atoms with Crippen LogP contribution in [0, 0.1) is 11.8 Å². The number of hydrogen-bond acceptors (Lipinski definition) is 6. The normalized spacial score (nSPS) is 16.7. The number of carbonyl (C=O) groups excluding carboxylic acids is 2. The Balaban J connectivity index is 2.19. The number of amides is 1. The van der Waals surface area contributed by atoms with Gasteiger partial charge in [0.2, 0.25) is 0 Å². The molecule has 158 valence electrons. The van der Waals surface area contributed by atoms with Crippen LogP contribution in [0.3, 0.4) is 0 Å². The van der Waals surface area contributed by atoms with Gasteiger partial charge in [-0.3, -0.25) is 0 Å². The van der Waals surface area contributed by atoms with Crippen molar-refractivity contribution in [3.63, 3.8) is 0 Å². The van der Waals surface area contributed by atoms with Crippen LogP contribution in [-0.4, -0.2) is 39.5 Å². The van der Waals surface area contributed by atoms with Crippen molar-refractivity contribution in [1.29, 1.82) is 0 Å². The topological polar surface area (TPSA) is 93.2 Å². The van der Waals surface area contributed by atoms with Crippen molar-refractivity contribution >= 4 is 18.2 Å². The summed E-state index contributed by atoms with van der Waals surface area (Å²) in [4.78, 5) is 32.7. The van der Waals surface area contributed by atoms with Crippen LogP contribution in [0.2, 0.25) is 0 Å². The Bertz CT molecular complexity index is 783. The number of anilines is 1. The Morgan fingerprint density at radius 1 is 1.34 bits per heavy atom. The smallest absolute Gasteiger partial charge is 0.408 e. The molecule has 1 fully saturated rings. The molecule has 1 saturated carbocycles. The van der Waals surface area contributed by atoms with Crippen molar-refractivity contribution in [2.24, 2.45) is 0 Å². The fourth-order valence-corrected chi connectivity index (χ4v) is 3.17. The first kappa shape index (κ1) is 22.7. The van der Waals surface area contributed by atoms with Crippen LogP contribution in [0.15, 0.2) is 6.20 Å². The molecule has 1 unspecified atom stereocenters. The molecule has 0 saturated heterocycles. The zero-order chi connectivity index (χ0) is 21.5. The summed E-state index contributed by atoms with van der Waals surface area (Å²) in [5, 5.41) is 6.05. The lowest BCUT2D eigenvalue weighted by Crippen LogP contribution is -2.42. The Morgan fingerprint density at radius 3 is 2.62 bits per heavy atom. The molecule has 1 aromatic rings. The second-order valence-electron chi connectivity index (χ2n) is 8.50. The van der Waals surface area contributed by atoms with E-state index in [1.807, 2.05) is 27.7 Å². The third-order valence-electron chi connectivity index (χ3n) is 4.65. The highest BCUT2D eigenvalue weighted by Gasteiger charge is 2.32. The van der Waals surface area contributed by atoms with Gasteiger partial charge in [0.15, 0.2) is 0 Å². The summed E-state index contributed by atoms with van der Waals surface area (Å²) in [6.07, 6.45) is 7.57. The lowest BCUT2D eigenvalue weighted by Gasteiger charge is -2.33. The van der Waals surface area contributed by atoms with Gasteiger partial charge in [-0.25, -0.2) is 14.8 Å². The van der Waals surface area contributed by atoms with Gasteiger partial charge >= 0.3 is 6.09 Å². The van der Waals surface area contributed by atoms with Gasteiger partial charge in [-0.15, -0.1) is 0 Å². The number of aldehydes is 1. The monoisotopic (exact) mass is 400 g/mol. The molecule has 0 bridgehead atoms. The lowest BCUT2D eigenvalue weighted by atomic mass is 9.83. The fraction of sp³-hybridized carbons (Fsp3) is 0.636. The number of aromatic nitrogens is 2. The number of ether oxygens (including phenoxy) is 1. The van der Waals surface area contributed by atoms with Crippen molar-refractivity contribution in [3.05, 3.63) is 17.6 Å². The van der Waals surface area contributed by atoms with E-state index in [1.165, 1.54) is 0 Å². The van der Waals surface area contributed by atoms with Crippen molar-refractivity contribution < 1.29 is 14.3 Å². The van der Waals surface area contributed by atoms with Crippen LogP contribution < -0.4 is 10.6 Å². The fourth-order valence-electron chi connectivity index (χ4n) is 3.17. The maximum Gasteiger partial charge on any atom is 0.408 e. The maximum absolute atomic E-state index is 11.9. The lowest BCUT2D eigenvalue weighted by molar-refractivity contribution is -0.112. The van der Waals surface area contributed by atoms with E-state index in [0.717, 1.165) is 38.4 Å². The van der Waals surface area contributed by atoms with Crippen LogP contribution in [0.5, 0.6) is 0 Å². The zero-order valence-electron chi connectivity index (χ0n) is 18.1. The quantitative estimate of drug-likeness (QED) is 0.579. The number of rotatable bonds is 5. The summed E-state index contributed by atoms with van der Waals surface area (Å²) in [7, 11) is 0. The van der Waals surface area contributed by atoms with Crippen LogP contribution in [-0.2, 0) is 16.0 Å². The highest BCUT2D eigenvalue weighted by molar-refractivity contribution is 5.72. The van der Waals surface area contributed by atoms with Gasteiger partial charge in [0.25, 0.3) is 0 Å².